The van der Waals surface area contributed by atoms with E-state index in [9.17, 15) is 4.79 Å². The molecule has 0 spiro atoms. The van der Waals surface area contributed by atoms with Crippen molar-refractivity contribution in [2.24, 2.45) is 9.98 Å². The van der Waals surface area contributed by atoms with Crippen LogP contribution in [0.4, 0.5) is 5.82 Å². The Hall–Kier alpha value is -2.58. The van der Waals surface area contributed by atoms with Crippen LogP contribution in [-0.2, 0) is 4.79 Å². The van der Waals surface area contributed by atoms with Crippen LogP contribution in [0, 0.1) is 0 Å². The molecule has 0 aliphatic carbocycles. The molecule has 8 heteroatoms. The number of anilines is 1. The first-order valence-corrected chi connectivity index (χ1v) is 11.2. The second-order valence-electron chi connectivity index (χ2n) is 7.76. The Morgan fingerprint density at radius 3 is 2.70 bits per heavy atom. The average Bonchev–Trinajstić information content (AvgIpc) is 3.21. The highest BCUT2D eigenvalue weighted by molar-refractivity contribution is 7.13. The lowest BCUT2D eigenvalue weighted by atomic mass is 10.1. The van der Waals surface area contributed by atoms with Crippen LogP contribution < -0.4 is 4.90 Å². The number of fused-ring (bicyclic) bond motifs is 1. The maximum Gasteiger partial charge on any atom is 0.251 e. The van der Waals surface area contributed by atoms with E-state index < -0.39 is 0 Å². The van der Waals surface area contributed by atoms with Gasteiger partial charge in [0, 0.05) is 63.2 Å². The SMILES string of the molecule is C=NC(C)=NC1=C(C)C(=O)N(CCN2CCN(c3nsc4ccccc34)CC2)CC1. The minimum atomic E-state index is 0.0874. The topological polar surface area (TPSA) is 64.4 Å². The highest BCUT2D eigenvalue weighted by atomic mass is 32.1. The van der Waals surface area contributed by atoms with E-state index in [-0.39, 0.29) is 5.91 Å². The fourth-order valence-electron chi connectivity index (χ4n) is 4.02. The molecule has 1 aromatic heterocycles. The van der Waals surface area contributed by atoms with E-state index >= 15 is 0 Å². The third-order valence-corrected chi connectivity index (χ3v) is 6.72. The second-order valence-corrected chi connectivity index (χ2v) is 8.57. The summed E-state index contributed by atoms with van der Waals surface area (Å²) < 4.78 is 5.93. The summed E-state index contributed by atoms with van der Waals surface area (Å²) in [6.07, 6.45) is 0.773. The van der Waals surface area contributed by atoms with Crippen LogP contribution in [0.25, 0.3) is 10.1 Å². The zero-order valence-electron chi connectivity index (χ0n) is 17.7. The lowest BCUT2D eigenvalue weighted by Gasteiger charge is -2.36. The van der Waals surface area contributed by atoms with E-state index in [0.717, 1.165) is 62.8 Å². The predicted molar refractivity (Wildman–Crippen MR) is 125 cm³/mol. The van der Waals surface area contributed by atoms with Gasteiger partial charge < -0.3 is 9.80 Å². The Bertz CT molecular complexity index is 1000. The van der Waals surface area contributed by atoms with Gasteiger partial charge in [-0.25, -0.2) is 9.98 Å². The molecule has 2 aromatic rings. The fourth-order valence-corrected chi connectivity index (χ4v) is 4.82. The molecule has 1 amide bonds. The van der Waals surface area contributed by atoms with Crippen molar-refractivity contribution in [2.75, 3.05) is 50.7 Å². The predicted octanol–water partition coefficient (Wildman–Crippen LogP) is 3.04. The Morgan fingerprint density at radius 1 is 1.17 bits per heavy atom. The zero-order chi connectivity index (χ0) is 21.1. The summed E-state index contributed by atoms with van der Waals surface area (Å²) in [5.74, 6) is 1.81. The van der Waals surface area contributed by atoms with Crippen LogP contribution in [0.15, 0.2) is 45.5 Å². The van der Waals surface area contributed by atoms with Gasteiger partial charge in [-0.05, 0) is 44.2 Å². The van der Waals surface area contributed by atoms with E-state index in [0.29, 0.717) is 12.4 Å². The molecule has 7 nitrogen and oxygen atoms in total. The van der Waals surface area contributed by atoms with Gasteiger partial charge in [0.05, 0.1) is 10.4 Å². The molecule has 158 valence electrons. The molecule has 0 radical (unpaired) electrons. The smallest absolute Gasteiger partial charge is 0.251 e. The van der Waals surface area contributed by atoms with Crippen molar-refractivity contribution in [2.45, 2.75) is 20.3 Å². The molecule has 4 rings (SSSR count). The first-order valence-electron chi connectivity index (χ1n) is 10.4. The lowest BCUT2D eigenvalue weighted by molar-refractivity contribution is -0.128. The minimum Gasteiger partial charge on any atom is -0.353 e. The van der Waals surface area contributed by atoms with Gasteiger partial charge >= 0.3 is 0 Å². The van der Waals surface area contributed by atoms with Crippen molar-refractivity contribution < 1.29 is 4.79 Å². The molecule has 1 aromatic carbocycles. The number of aliphatic imine (C=N–C) groups is 2. The van der Waals surface area contributed by atoms with E-state index in [1.165, 1.54) is 10.1 Å². The number of carbonyl (C=O) groups is 1. The second kappa shape index (κ2) is 9.06. The van der Waals surface area contributed by atoms with Crippen LogP contribution >= 0.6 is 11.5 Å². The first kappa shape index (κ1) is 20.7. The Labute approximate surface area is 181 Å². The average molecular weight is 425 g/mol. The van der Waals surface area contributed by atoms with Gasteiger partial charge in [0.15, 0.2) is 0 Å². The Balaban J connectivity index is 1.30. The number of carbonyl (C=O) groups excluding carboxylic acids is 1. The van der Waals surface area contributed by atoms with Crippen LogP contribution in [0.3, 0.4) is 0 Å². The number of hydrogen-bond acceptors (Lipinski definition) is 6. The van der Waals surface area contributed by atoms with Crippen molar-refractivity contribution in [1.29, 1.82) is 0 Å². The number of hydrogen-bond donors (Lipinski definition) is 0. The summed E-state index contributed by atoms with van der Waals surface area (Å²) in [7, 11) is 0. The van der Waals surface area contributed by atoms with Gasteiger partial charge in [-0.3, -0.25) is 9.69 Å². The maximum absolute atomic E-state index is 12.7. The molecular formula is C22H28N6OS. The van der Waals surface area contributed by atoms with Gasteiger partial charge in [-0.1, -0.05) is 12.1 Å². The highest BCUT2D eigenvalue weighted by Gasteiger charge is 2.26. The molecule has 2 aliphatic rings. The summed E-state index contributed by atoms with van der Waals surface area (Å²) in [6, 6.07) is 8.43. The maximum atomic E-state index is 12.7. The van der Waals surface area contributed by atoms with Crippen molar-refractivity contribution in [3.63, 3.8) is 0 Å². The number of benzene rings is 1. The molecule has 2 aliphatic heterocycles. The first-order chi connectivity index (χ1) is 14.6. The lowest BCUT2D eigenvalue weighted by Crippen LogP contribution is -2.49. The summed E-state index contributed by atoms with van der Waals surface area (Å²) in [5.41, 5.74) is 1.56. The molecule has 0 N–H and O–H groups in total. The number of aromatic nitrogens is 1. The summed E-state index contributed by atoms with van der Waals surface area (Å²) in [6.45, 7) is 13.4. The summed E-state index contributed by atoms with van der Waals surface area (Å²) >= 11 is 1.57. The number of nitrogens with zero attached hydrogens (tertiary/aromatic N) is 6. The number of rotatable bonds is 5. The van der Waals surface area contributed by atoms with Gasteiger partial charge in [-0.2, -0.15) is 4.37 Å². The molecule has 1 saturated heterocycles. The normalized spacial score (nSPS) is 19.1. The number of amides is 1. The Morgan fingerprint density at radius 2 is 1.93 bits per heavy atom. The third-order valence-electron chi connectivity index (χ3n) is 5.90. The molecular weight excluding hydrogens is 396 g/mol. The summed E-state index contributed by atoms with van der Waals surface area (Å²) in [5, 5.41) is 1.25. The van der Waals surface area contributed by atoms with Crippen molar-refractivity contribution in [3.8, 4) is 0 Å². The van der Waals surface area contributed by atoms with Crippen LogP contribution in [0.1, 0.15) is 20.3 Å². The molecule has 0 unspecified atom stereocenters. The quantitative estimate of drug-likeness (QED) is 0.547. The van der Waals surface area contributed by atoms with Crippen LogP contribution in [-0.4, -0.2) is 78.4 Å². The van der Waals surface area contributed by atoms with Gasteiger partial charge in [0.25, 0.3) is 5.91 Å². The van der Waals surface area contributed by atoms with Crippen molar-refractivity contribution >= 4 is 45.9 Å². The zero-order valence-corrected chi connectivity index (χ0v) is 18.5. The van der Waals surface area contributed by atoms with Gasteiger partial charge in [0.2, 0.25) is 0 Å². The highest BCUT2D eigenvalue weighted by Crippen LogP contribution is 2.29. The van der Waals surface area contributed by atoms with Gasteiger partial charge in [-0.15, -0.1) is 0 Å². The van der Waals surface area contributed by atoms with Crippen molar-refractivity contribution in [3.05, 3.63) is 35.5 Å². The van der Waals surface area contributed by atoms with E-state index in [1.54, 1.807) is 18.5 Å². The number of piperazine rings is 1. The number of amidine groups is 1. The van der Waals surface area contributed by atoms with E-state index in [4.69, 9.17) is 0 Å². The molecule has 0 bridgehead atoms. The molecule has 3 heterocycles. The third kappa shape index (κ3) is 4.29. The summed E-state index contributed by atoms with van der Waals surface area (Å²) in [4.78, 5) is 27.8. The van der Waals surface area contributed by atoms with Crippen molar-refractivity contribution in [1.82, 2.24) is 14.2 Å². The molecule has 1 fully saturated rings. The largest absolute Gasteiger partial charge is 0.353 e. The molecule has 30 heavy (non-hydrogen) atoms. The standard InChI is InChI=1S/C22H28N6OS/c1-16-19(24-17(2)23-3)8-9-28(22(16)29)15-12-26-10-13-27(14-11-26)21-18-6-4-5-7-20(18)30-25-21/h4-7H,3,8-15H2,1-2H3. The molecule has 0 saturated carbocycles. The van der Waals surface area contributed by atoms with Gasteiger partial charge in [0.1, 0.15) is 11.7 Å². The van der Waals surface area contributed by atoms with Crippen LogP contribution in [0.5, 0.6) is 0 Å². The fraction of sp³-hybridized carbons (Fsp3) is 0.455. The monoisotopic (exact) mass is 424 g/mol. The van der Waals surface area contributed by atoms with E-state index in [1.807, 2.05) is 11.8 Å². The Kier molecular flexibility index (Phi) is 6.24. The van der Waals surface area contributed by atoms with Crippen LogP contribution in [0.2, 0.25) is 0 Å². The minimum absolute atomic E-state index is 0.0874. The molecule has 0 atom stereocenters. The van der Waals surface area contributed by atoms with E-state index in [2.05, 4.69) is 55.1 Å².